The molecule has 10 heteroatoms. The molecule has 6 rings (SSSR count). The first-order valence-electron chi connectivity index (χ1n) is 13.7. The molecular formula is C29H36ClN7O2. The quantitative estimate of drug-likeness (QED) is 0.352. The molecule has 4 heterocycles. The summed E-state index contributed by atoms with van der Waals surface area (Å²) in [7, 11) is 0. The van der Waals surface area contributed by atoms with Crippen molar-refractivity contribution in [3.05, 3.63) is 71.4 Å². The van der Waals surface area contributed by atoms with Crippen molar-refractivity contribution in [1.82, 2.24) is 29.3 Å². The Morgan fingerprint density at radius 3 is 2.33 bits per heavy atom. The van der Waals surface area contributed by atoms with Gasteiger partial charge in [0, 0.05) is 19.1 Å². The van der Waals surface area contributed by atoms with Crippen molar-refractivity contribution in [3.63, 3.8) is 0 Å². The lowest BCUT2D eigenvalue weighted by molar-refractivity contribution is 0.170. The van der Waals surface area contributed by atoms with Gasteiger partial charge in [-0.25, -0.2) is 14.8 Å². The molecule has 2 aromatic heterocycles. The molecule has 4 aromatic rings. The Morgan fingerprint density at radius 2 is 1.62 bits per heavy atom. The summed E-state index contributed by atoms with van der Waals surface area (Å²) < 4.78 is 9.41. The van der Waals surface area contributed by atoms with E-state index in [0.717, 1.165) is 57.2 Å². The van der Waals surface area contributed by atoms with Crippen LogP contribution in [0.4, 0.5) is 5.82 Å². The minimum atomic E-state index is -0.128. The zero-order valence-corrected chi connectivity index (χ0v) is 22.9. The van der Waals surface area contributed by atoms with Gasteiger partial charge in [-0.2, -0.15) is 0 Å². The third kappa shape index (κ3) is 5.80. The molecule has 3 N–H and O–H groups in total. The van der Waals surface area contributed by atoms with E-state index in [-0.39, 0.29) is 24.1 Å². The van der Waals surface area contributed by atoms with Crippen LogP contribution in [-0.4, -0.2) is 56.7 Å². The average molecular weight is 550 g/mol. The molecule has 0 atom stereocenters. The lowest BCUT2D eigenvalue weighted by Crippen LogP contribution is -2.39. The van der Waals surface area contributed by atoms with Crippen LogP contribution < -0.4 is 21.5 Å². The number of likely N-dealkylation sites (tertiary alicyclic amines) is 1. The lowest BCUT2D eigenvalue weighted by atomic mass is 9.94. The second-order valence-electron chi connectivity index (χ2n) is 10.4. The maximum atomic E-state index is 13.9. The van der Waals surface area contributed by atoms with Gasteiger partial charge >= 0.3 is 5.69 Å². The number of imidazole rings is 1. The van der Waals surface area contributed by atoms with Crippen molar-refractivity contribution in [2.75, 3.05) is 38.5 Å². The van der Waals surface area contributed by atoms with Gasteiger partial charge in [-0.05, 0) is 94.1 Å². The summed E-state index contributed by atoms with van der Waals surface area (Å²) in [5.74, 6) is 2.58. The molecule has 0 spiro atoms. The summed E-state index contributed by atoms with van der Waals surface area (Å²) in [6, 6.07) is 17.2. The number of rotatable bonds is 7. The number of hydrogen-bond donors (Lipinski definition) is 2. The minimum Gasteiger partial charge on any atom is -0.457 e. The molecule has 2 saturated heterocycles. The van der Waals surface area contributed by atoms with Gasteiger partial charge in [0.1, 0.15) is 23.3 Å². The summed E-state index contributed by atoms with van der Waals surface area (Å²) in [4.78, 5) is 25.2. The van der Waals surface area contributed by atoms with Crippen LogP contribution in [0.25, 0.3) is 16.9 Å². The molecule has 0 saturated carbocycles. The van der Waals surface area contributed by atoms with Gasteiger partial charge in [0.2, 0.25) is 0 Å². The van der Waals surface area contributed by atoms with Gasteiger partial charge in [-0.3, -0.25) is 9.13 Å². The molecule has 39 heavy (non-hydrogen) atoms. The number of aromatic nitrogens is 4. The Balaban J connectivity index is 0.00000308. The number of nitrogens with two attached hydrogens (primary N) is 1. The smallest absolute Gasteiger partial charge is 0.335 e. The van der Waals surface area contributed by atoms with Gasteiger partial charge in [0.05, 0.1) is 5.69 Å². The third-order valence-corrected chi connectivity index (χ3v) is 7.99. The third-order valence-electron chi connectivity index (χ3n) is 7.99. The number of anilines is 1. The summed E-state index contributed by atoms with van der Waals surface area (Å²) >= 11 is 0. The topological polar surface area (TPSA) is 103 Å². The lowest BCUT2D eigenvalue weighted by Gasteiger charge is -2.33. The Bertz CT molecular complexity index is 1420. The summed E-state index contributed by atoms with van der Waals surface area (Å²) in [5, 5.41) is 3.45. The number of ether oxygens (including phenoxy) is 1. The molecule has 0 radical (unpaired) electrons. The molecule has 2 aromatic carbocycles. The number of nitrogen functional groups attached to an aromatic ring is 1. The second kappa shape index (κ2) is 12.2. The van der Waals surface area contributed by atoms with E-state index in [1.54, 1.807) is 4.57 Å². The molecular weight excluding hydrogens is 514 g/mol. The van der Waals surface area contributed by atoms with Crippen molar-refractivity contribution in [3.8, 4) is 17.2 Å². The van der Waals surface area contributed by atoms with Gasteiger partial charge in [-0.1, -0.05) is 18.2 Å². The first-order valence-corrected chi connectivity index (χ1v) is 13.7. The van der Waals surface area contributed by atoms with Crippen LogP contribution in [0.15, 0.2) is 65.7 Å². The molecule has 206 valence electrons. The normalized spacial score (nSPS) is 17.2. The first kappa shape index (κ1) is 27.2. The molecule has 2 fully saturated rings. The number of benzene rings is 2. The van der Waals surface area contributed by atoms with E-state index in [0.29, 0.717) is 28.4 Å². The maximum absolute atomic E-state index is 13.9. The highest BCUT2D eigenvalue weighted by Gasteiger charge is 2.28. The predicted molar refractivity (Wildman–Crippen MR) is 156 cm³/mol. The van der Waals surface area contributed by atoms with E-state index >= 15 is 0 Å². The molecule has 9 nitrogen and oxygen atoms in total. The van der Waals surface area contributed by atoms with E-state index in [1.807, 2.05) is 59.2 Å². The number of hydrogen-bond acceptors (Lipinski definition) is 7. The zero-order chi connectivity index (χ0) is 25.9. The van der Waals surface area contributed by atoms with Gasteiger partial charge in [0.25, 0.3) is 0 Å². The van der Waals surface area contributed by atoms with Crippen LogP contribution in [0, 0.1) is 5.92 Å². The van der Waals surface area contributed by atoms with E-state index in [4.69, 9.17) is 10.5 Å². The minimum absolute atomic E-state index is 0. The fourth-order valence-corrected chi connectivity index (χ4v) is 5.86. The Morgan fingerprint density at radius 1 is 0.923 bits per heavy atom. The molecule has 0 aliphatic carbocycles. The summed E-state index contributed by atoms with van der Waals surface area (Å²) in [6.45, 7) is 5.41. The Hall–Kier alpha value is -3.40. The van der Waals surface area contributed by atoms with Gasteiger partial charge < -0.3 is 20.7 Å². The van der Waals surface area contributed by atoms with Crippen LogP contribution in [0.3, 0.4) is 0 Å². The number of piperidine rings is 2. The van der Waals surface area contributed by atoms with Gasteiger partial charge in [-0.15, -0.1) is 12.4 Å². The second-order valence-corrected chi connectivity index (χ2v) is 10.4. The summed E-state index contributed by atoms with van der Waals surface area (Å²) in [6.07, 6.45) is 7.11. The van der Waals surface area contributed by atoms with E-state index in [2.05, 4.69) is 20.2 Å². The fourth-order valence-electron chi connectivity index (χ4n) is 5.86. The number of nitrogens with one attached hydrogen (secondary N) is 1. The van der Waals surface area contributed by atoms with Crippen molar-refractivity contribution < 1.29 is 4.74 Å². The van der Waals surface area contributed by atoms with Crippen LogP contribution >= 0.6 is 12.4 Å². The zero-order valence-electron chi connectivity index (χ0n) is 22.0. The number of fused-ring (bicyclic) bond motifs is 1. The van der Waals surface area contributed by atoms with Crippen molar-refractivity contribution in [1.29, 1.82) is 0 Å². The van der Waals surface area contributed by atoms with Gasteiger partial charge in [0.15, 0.2) is 11.5 Å². The maximum Gasteiger partial charge on any atom is 0.335 e. The highest BCUT2D eigenvalue weighted by Crippen LogP contribution is 2.29. The Kier molecular flexibility index (Phi) is 8.50. The van der Waals surface area contributed by atoms with Crippen molar-refractivity contribution in [2.45, 2.75) is 38.1 Å². The summed E-state index contributed by atoms with van der Waals surface area (Å²) in [5.41, 5.74) is 8.05. The predicted octanol–water partition coefficient (Wildman–Crippen LogP) is 4.41. The molecule has 2 aliphatic rings. The monoisotopic (exact) mass is 549 g/mol. The van der Waals surface area contributed by atoms with E-state index in [1.165, 1.54) is 25.6 Å². The van der Waals surface area contributed by atoms with Crippen LogP contribution in [0.2, 0.25) is 0 Å². The highest BCUT2D eigenvalue weighted by molar-refractivity contribution is 5.85. The van der Waals surface area contributed by atoms with E-state index in [9.17, 15) is 4.79 Å². The first-order chi connectivity index (χ1) is 18.7. The standard InChI is InChI=1S/C29H35N7O2.ClH/c30-27-26-28(33-20-32-27)36(23-13-18-34(19-14-23)17-12-21-10-15-31-16-11-21)29(37)35(26)22-6-8-25(9-7-22)38-24-4-2-1-3-5-24;/h1-9,20-21,23,31H,10-19H2,(H2,30,32,33);1H. The molecule has 0 bridgehead atoms. The average Bonchev–Trinajstić information content (AvgIpc) is 3.26. The largest absolute Gasteiger partial charge is 0.457 e. The van der Waals surface area contributed by atoms with E-state index < -0.39 is 0 Å². The number of para-hydroxylation sites is 1. The molecule has 2 aliphatic heterocycles. The number of nitrogens with zero attached hydrogens (tertiary/aromatic N) is 5. The molecule has 0 amide bonds. The van der Waals surface area contributed by atoms with Crippen LogP contribution in [0.5, 0.6) is 11.5 Å². The van der Waals surface area contributed by atoms with Crippen LogP contribution in [-0.2, 0) is 0 Å². The molecule has 0 unspecified atom stereocenters. The Labute approximate surface area is 234 Å². The highest BCUT2D eigenvalue weighted by atomic mass is 35.5. The van der Waals surface area contributed by atoms with Crippen LogP contribution in [0.1, 0.15) is 38.1 Å². The SMILES string of the molecule is Cl.Nc1ncnc2c1n(-c1ccc(Oc3ccccc3)cc1)c(=O)n2C1CCN(CCC2CCNCC2)CC1. The van der Waals surface area contributed by atoms with Crippen molar-refractivity contribution in [2.24, 2.45) is 5.92 Å². The number of halogens is 1. The van der Waals surface area contributed by atoms with Crippen molar-refractivity contribution >= 4 is 29.4 Å². The fraction of sp³-hybridized carbons (Fsp3) is 0.414.